The highest BCUT2D eigenvalue weighted by Gasteiger charge is 2.14. The SMILES string of the molecule is CCCC(=O)NCCCc1nc2ccccc2n1CC(=O)Nc1ccc(F)cc1. The molecule has 3 rings (SSSR count). The lowest BCUT2D eigenvalue weighted by atomic mass is 10.2. The van der Waals surface area contributed by atoms with Crippen LogP contribution in [0.4, 0.5) is 10.1 Å². The summed E-state index contributed by atoms with van der Waals surface area (Å²) in [5.74, 6) is 0.291. The lowest BCUT2D eigenvalue weighted by Crippen LogP contribution is -2.25. The Bertz CT molecular complexity index is 982. The summed E-state index contributed by atoms with van der Waals surface area (Å²) in [4.78, 5) is 28.8. The second kappa shape index (κ2) is 9.82. The number of amides is 2. The molecule has 2 N–H and O–H groups in total. The maximum atomic E-state index is 13.0. The number of anilines is 1. The van der Waals surface area contributed by atoms with E-state index in [9.17, 15) is 14.0 Å². The smallest absolute Gasteiger partial charge is 0.244 e. The van der Waals surface area contributed by atoms with Crippen molar-refractivity contribution in [1.82, 2.24) is 14.9 Å². The molecule has 3 aromatic rings. The molecular formula is C22H25FN4O2. The number of benzene rings is 2. The number of carbonyl (C=O) groups is 2. The van der Waals surface area contributed by atoms with E-state index >= 15 is 0 Å². The largest absolute Gasteiger partial charge is 0.356 e. The molecule has 0 spiro atoms. The minimum absolute atomic E-state index is 0.0553. The fourth-order valence-electron chi connectivity index (χ4n) is 3.16. The van der Waals surface area contributed by atoms with Crippen LogP contribution < -0.4 is 10.6 Å². The van der Waals surface area contributed by atoms with Gasteiger partial charge in [-0.25, -0.2) is 9.37 Å². The van der Waals surface area contributed by atoms with Crippen LogP contribution in [0.2, 0.25) is 0 Å². The molecule has 0 saturated carbocycles. The Hall–Kier alpha value is -3.22. The number of halogens is 1. The summed E-state index contributed by atoms with van der Waals surface area (Å²) in [6.45, 7) is 2.65. The van der Waals surface area contributed by atoms with Crippen LogP contribution in [-0.4, -0.2) is 27.9 Å². The first-order valence-electron chi connectivity index (χ1n) is 9.83. The first-order chi connectivity index (χ1) is 14.1. The summed E-state index contributed by atoms with van der Waals surface area (Å²) in [5, 5.41) is 5.68. The normalized spacial score (nSPS) is 10.8. The molecule has 0 unspecified atom stereocenters. The number of aryl methyl sites for hydroxylation is 1. The molecule has 0 saturated heterocycles. The lowest BCUT2D eigenvalue weighted by Gasteiger charge is -2.10. The molecule has 7 heteroatoms. The van der Waals surface area contributed by atoms with Crippen LogP contribution in [0.1, 0.15) is 32.0 Å². The molecule has 1 heterocycles. The molecule has 6 nitrogen and oxygen atoms in total. The molecule has 0 aliphatic heterocycles. The number of carbonyl (C=O) groups excluding carboxylic acids is 2. The molecule has 2 aromatic carbocycles. The van der Waals surface area contributed by atoms with Crippen molar-refractivity contribution in [3.05, 3.63) is 60.2 Å². The third kappa shape index (κ3) is 5.63. The van der Waals surface area contributed by atoms with Crippen molar-refractivity contribution < 1.29 is 14.0 Å². The molecule has 0 atom stereocenters. The van der Waals surface area contributed by atoms with E-state index in [2.05, 4.69) is 15.6 Å². The van der Waals surface area contributed by atoms with Gasteiger partial charge in [-0.05, 0) is 49.2 Å². The number of fused-ring (bicyclic) bond motifs is 1. The highest BCUT2D eigenvalue weighted by molar-refractivity contribution is 5.91. The summed E-state index contributed by atoms with van der Waals surface area (Å²) >= 11 is 0. The summed E-state index contributed by atoms with van der Waals surface area (Å²) in [7, 11) is 0. The highest BCUT2D eigenvalue weighted by Crippen LogP contribution is 2.18. The average molecular weight is 396 g/mol. The van der Waals surface area contributed by atoms with Gasteiger partial charge >= 0.3 is 0 Å². The van der Waals surface area contributed by atoms with Gasteiger partial charge in [-0.1, -0.05) is 19.1 Å². The Morgan fingerprint density at radius 2 is 1.83 bits per heavy atom. The number of nitrogens with zero attached hydrogens (tertiary/aromatic N) is 2. The van der Waals surface area contributed by atoms with Crippen LogP contribution in [0.5, 0.6) is 0 Å². The number of hydrogen-bond donors (Lipinski definition) is 2. The minimum Gasteiger partial charge on any atom is -0.356 e. The average Bonchev–Trinajstić information content (AvgIpc) is 3.05. The predicted molar refractivity (Wildman–Crippen MR) is 111 cm³/mol. The number of rotatable bonds is 9. The molecule has 152 valence electrons. The Morgan fingerprint density at radius 3 is 2.59 bits per heavy atom. The molecule has 0 aliphatic rings. The number of aromatic nitrogens is 2. The zero-order valence-corrected chi connectivity index (χ0v) is 16.5. The Morgan fingerprint density at radius 1 is 1.07 bits per heavy atom. The van der Waals surface area contributed by atoms with Crippen LogP contribution in [-0.2, 0) is 22.6 Å². The summed E-state index contributed by atoms with van der Waals surface area (Å²) in [6.07, 6.45) is 2.73. The lowest BCUT2D eigenvalue weighted by molar-refractivity contribution is -0.121. The van der Waals surface area contributed by atoms with Crippen molar-refractivity contribution in [3.63, 3.8) is 0 Å². The van der Waals surface area contributed by atoms with E-state index < -0.39 is 0 Å². The zero-order valence-electron chi connectivity index (χ0n) is 16.5. The number of para-hydroxylation sites is 2. The maximum absolute atomic E-state index is 13.0. The van der Waals surface area contributed by atoms with Gasteiger partial charge in [0.2, 0.25) is 11.8 Å². The van der Waals surface area contributed by atoms with Gasteiger partial charge in [-0.3, -0.25) is 9.59 Å². The van der Waals surface area contributed by atoms with E-state index in [1.807, 2.05) is 35.8 Å². The van der Waals surface area contributed by atoms with Crippen molar-refractivity contribution in [2.75, 3.05) is 11.9 Å². The van der Waals surface area contributed by atoms with Gasteiger partial charge in [0.1, 0.15) is 18.2 Å². The Balaban J connectivity index is 1.68. The van der Waals surface area contributed by atoms with Gasteiger partial charge < -0.3 is 15.2 Å². The van der Waals surface area contributed by atoms with Gasteiger partial charge in [0.05, 0.1) is 11.0 Å². The van der Waals surface area contributed by atoms with Crippen molar-refractivity contribution in [1.29, 1.82) is 0 Å². The quantitative estimate of drug-likeness (QED) is 0.542. The summed E-state index contributed by atoms with van der Waals surface area (Å²) in [5.41, 5.74) is 2.25. The van der Waals surface area contributed by atoms with E-state index in [0.29, 0.717) is 25.1 Å². The molecule has 0 radical (unpaired) electrons. The fraction of sp³-hybridized carbons (Fsp3) is 0.318. The van der Waals surface area contributed by atoms with Gasteiger partial charge in [0.25, 0.3) is 0 Å². The number of hydrogen-bond acceptors (Lipinski definition) is 3. The fourth-order valence-corrected chi connectivity index (χ4v) is 3.16. The van der Waals surface area contributed by atoms with Gasteiger partial charge in [0.15, 0.2) is 0 Å². The van der Waals surface area contributed by atoms with Crippen molar-refractivity contribution in [3.8, 4) is 0 Å². The summed E-state index contributed by atoms with van der Waals surface area (Å²) < 4.78 is 14.9. The monoisotopic (exact) mass is 396 g/mol. The first kappa shape index (κ1) is 20.5. The van der Waals surface area contributed by atoms with Gasteiger partial charge in [0, 0.05) is 25.1 Å². The van der Waals surface area contributed by atoms with Gasteiger partial charge in [-0.15, -0.1) is 0 Å². The molecule has 2 amide bonds. The van der Waals surface area contributed by atoms with E-state index in [4.69, 9.17) is 0 Å². The van der Waals surface area contributed by atoms with Crippen LogP contribution in [0.15, 0.2) is 48.5 Å². The molecule has 0 fully saturated rings. The predicted octanol–water partition coefficient (Wildman–Crippen LogP) is 3.66. The molecule has 29 heavy (non-hydrogen) atoms. The summed E-state index contributed by atoms with van der Waals surface area (Å²) in [6, 6.07) is 13.3. The van der Waals surface area contributed by atoms with Crippen LogP contribution in [0.3, 0.4) is 0 Å². The zero-order chi connectivity index (χ0) is 20.6. The number of nitrogens with one attached hydrogen (secondary N) is 2. The van der Waals surface area contributed by atoms with Crippen molar-refractivity contribution >= 4 is 28.5 Å². The van der Waals surface area contributed by atoms with E-state index in [0.717, 1.165) is 29.7 Å². The first-order valence-corrected chi connectivity index (χ1v) is 9.83. The standard InChI is InChI=1S/C22H25FN4O2/c1-2-6-21(28)24-14-5-9-20-26-18-7-3-4-8-19(18)27(20)15-22(29)25-17-12-10-16(23)11-13-17/h3-4,7-8,10-13H,2,5-6,9,14-15H2,1H3,(H,24,28)(H,25,29). The maximum Gasteiger partial charge on any atom is 0.244 e. The van der Waals surface area contributed by atoms with Crippen LogP contribution >= 0.6 is 0 Å². The third-order valence-electron chi connectivity index (χ3n) is 4.54. The second-order valence-corrected chi connectivity index (χ2v) is 6.86. The van der Waals surface area contributed by atoms with Gasteiger partial charge in [-0.2, -0.15) is 0 Å². The topological polar surface area (TPSA) is 76.0 Å². The highest BCUT2D eigenvalue weighted by atomic mass is 19.1. The molecule has 0 aliphatic carbocycles. The van der Waals surface area contributed by atoms with Crippen LogP contribution in [0, 0.1) is 5.82 Å². The number of imidazole rings is 1. The molecular weight excluding hydrogens is 371 g/mol. The van der Waals surface area contributed by atoms with Crippen molar-refractivity contribution in [2.45, 2.75) is 39.2 Å². The molecule has 1 aromatic heterocycles. The van der Waals surface area contributed by atoms with E-state index in [1.54, 1.807) is 0 Å². The Kier molecular flexibility index (Phi) is 6.94. The van der Waals surface area contributed by atoms with E-state index in [-0.39, 0.29) is 24.2 Å². The second-order valence-electron chi connectivity index (χ2n) is 6.86. The van der Waals surface area contributed by atoms with Crippen LogP contribution in [0.25, 0.3) is 11.0 Å². The van der Waals surface area contributed by atoms with Crippen molar-refractivity contribution in [2.24, 2.45) is 0 Å². The Labute approximate surface area is 169 Å². The van der Waals surface area contributed by atoms with E-state index in [1.165, 1.54) is 24.3 Å². The molecule has 0 bridgehead atoms. The third-order valence-corrected chi connectivity index (χ3v) is 4.54. The minimum atomic E-state index is -0.350.